The summed E-state index contributed by atoms with van der Waals surface area (Å²) in [5.41, 5.74) is 0. The summed E-state index contributed by atoms with van der Waals surface area (Å²) in [6, 6.07) is 0.0555. The Morgan fingerprint density at radius 1 is 1.07 bits per heavy atom. The standard InChI is InChI=1S/C10H24N2O2/c1-11(2)7-5-10(14)9(6-8-13)12(3)4/h9-10,13-14H,5-8H2,1-4H3. The quantitative estimate of drug-likeness (QED) is 0.593. The maximum absolute atomic E-state index is 9.88. The normalized spacial score (nSPS) is 16.3. The van der Waals surface area contributed by atoms with Gasteiger partial charge in [-0.25, -0.2) is 0 Å². The molecule has 0 heterocycles. The molecular formula is C10H24N2O2. The van der Waals surface area contributed by atoms with Gasteiger partial charge >= 0.3 is 0 Å². The molecule has 2 unspecified atom stereocenters. The van der Waals surface area contributed by atoms with E-state index in [1.54, 1.807) is 0 Å². The van der Waals surface area contributed by atoms with Crippen molar-refractivity contribution in [2.75, 3.05) is 41.3 Å². The number of aliphatic hydroxyl groups excluding tert-OH is 2. The molecule has 2 N–H and O–H groups in total. The second-order valence-corrected chi connectivity index (χ2v) is 4.20. The predicted molar refractivity (Wildman–Crippen MR) is 58.4 cm³/mol. The van der Waals surface area contributed by atoms with Crippen LogP contribution in [0.3, 0.4) is 0 Å². The molecule has 0 fully saturated rings. The van der Waals surface area contributed by atoms with Crippen LogP contribution >= 0.6 is 0 Å². The summed E-state index contributed by atoms with van der Waals surface area (Å²) in [5, 5.41) is 18.7. The Kier molecular flexibility index (Phi) is 7.09. The number of rotatable bonds is 7. The molecule has 14 heavy (non-hydrogen) atoms. The first-order valence-electron chi connectivity index (χ1n) is 5.09. The number of hydrogen-bond acceptors (Lipinski definition) is 4. The van der Waals surface area contributed by atoms with Crippen molar-refractivity contribution in [3.63, 3.8) is 0 Å². The lowest BCUT2D eigenvalue weighted by Gasteiger charge is -2.29. The average Bonchev–Trinajstić information content (AvgIpc) is 2.09. The van der Waals surface area contributed by atoms with E-state index in [9.17, 15) is 5.11 Å². The lowest BCUT2D eigenvalue weighted by atomic mass is 10.0. The summed E-state index contributed by atoms with van der Waals surface area (Å²) in [7, 11) is 7.84. The zero-order valence-corrected chi connectivity index (χ0v) is 9.77. The largest absolute Gasteiger partial charge is 0.396 e. The van der Waals surface area contributed by atoms with E-state index in [-0.39, 0.29) is 18.8 Å². The molecule has 0 bridgehead atoms. The van der Waals surface area contributed by atoms with Crippen LogP contribution in [0.15, 0.2) is 0 Å². The molecule has 0 aliphatic carbocycles. The van der Waals surface area contributed by atoms with Crippen molar-refractivity contribution in [3.05, 3.63) is 0 Å². The van der Waals surface area contributed by atoms with Crippen LogP contribution in [-0.4, -0.2) is 73.5 Å². The molecule has 0 spiro atoms. The fourth-order valence-corrected chi connectivity index (χ4v) is 1.51. The van der Waals surface area contributed by atoms with E-state index in [1.165, 1.54) is 0 Å². The lowest BCUT2D eigenvalue weighted by Crippen LogP contribution is -2.41. The van der Waals surface area contributed by atoms with Crippen LogP contribution in [0.4, 0.5) is 0 Å². The van der Waals surface area contributed by atoms with Gasteiger partial charge in [0, 0.05) is 19.2 Å². The lowest BCUT2D eigenvalue weighted by molar-refractivity contribution is 0.0492. The Bertz CT molecular complexity index is 140. The summed E-state index contributed by atoms with van der Waals surface area (Å²) < 4.78 is 0. The molecule has 0 saturated carbocycles. The van der Waals surface area contributed by atoms with Crippen LogP contribution in [0.25, 0.3) is 0 Å². The molecule has 4 nitrogen and oxygen atoms in total. The van der Waals surface area contributed by atoms with Crippen LogP contribution in [0.2, 0.25) is 0 Å². The molecule has 0 saturated heterocycles. The monoisotopic (exact) mass is 204 g/mol. The zero-order chi connectivity index (χ0) is 11.1. The van der Waals surface area contributed by atoms with Gasteiger partial charge in [0.2, 0.25) is 0 Å². The molecule has 0 rings (SSSR count). The summed E-state index contributed by atoms with van der Waals surface area (Å²) in [4.78, 5) is 4.02. The Balaban J connectivity index is 3.94. The minimum absolute atomic E-state index is 0.0555. The van der Waals surface area contributed by atoms with Crippen molar-refractivity contribution < 1.29 is 10.2 Å². The van der Waals surface area contributed by atoms with E-state index in [4.69, 9.17) is 5.11 Å². The third-order valence-corrected chi connectivity index (χ3v) is 2.40. The van der Waals surface area contributed by atoms with E-state index in [0.29, 0.717) is 6.42 Å². The Labute approximate surface area is 87.1 Å². The molecule has 0 aliphatic heterocycles. The van der Waals surface area contributed by atoms with Gasteiger partial charge in [0.15, 0.2) is 0 Å². The van der Waals surface area contributed by atoms with E-state index in [0.717, 1.165) is 13.0 Å². The number of likely N-dealkylation sites (N-methyl/N-ethyl adjacent to an activating group) is 1. The van der Waals surface area contributed by atoms with Crippen molar-refractivity contribution in [2.45, 2.75) is 25.0 Å². The Hall–Kier alpha value is -0.160. The first kappa shape index (κ1) is 13.8. The first-order chi connectivity index (χ1) is 6.49. The van der Waals surface area contributed by atoms with Gasteiger partial charge in [-0.2, -0.15) is 0 Å². The smallest absolute Gasteiger partial charge is 0.0708 e. The summed E-state index contributed by atoms with van der Waals surface area (Å²) in [5.74, 6) is 0. The maximum atomic E-state index is 9.88. The highest BCUT2D eigenvalue weighted by Crippen LogP contribution is 2.08. The number of nitrogens with zero attached hydrogens (tertiary/aromatic N) is 2. The maximum Gasteiger partial charge on any atom is 0.0708 e. The van der Waals surface area contributed by atoms with Crippen LogP contribution in [0.5, 0.6) is 0 Å². The second kappa shape index (κ2) is 7.17. The Morgan fingerprint density at radius 2 is 1.64 bits per heavy atom. The predicted octanol–water partition coefficient (Wildman–Crippen LogP) is -0.388. The number of aliphatic hydroxyl groups is 2. The summed E-state index contributed by atoms with van der Waals surface area (Å²) in [6.45, 7) is 0.999. The van der Waals surface area contributed by atoms with Gasteiger partial charge in [-0.1, -0.05) is 0 Å². The Morgan fingerprint density at radius 3 is 2.00 bits per heavy atom. The SMILES string of the molecule is CN(C)CCC(O)C(CCO)N(C)C. The molecule has 0 aromatic heterocycles. The van der Waals surface area contributed by atoms with Crippen LogP contribution < -0.4 is 0 Å². The van der Waals surface area contributed by atoms with E-state index < -0.39 is 0 Å². The first-order valence-corrected chi connectivity index (χ1v) is 5.09. The molecule has 86 valence electrons. The van der Waals surface area contributed by atoms with Crippen LogP contribution in [0, 0.1) is 0 Å². The van der Waals surface area contributed by atoms with Crippen molar-refractivity contribution >= 4 is 0 Å². The minimum Gasteiger partial charge on any atom is -0.396 e. The van der Waals surface area contributed by atoms with Crippen LogP contribution in [-0.2, 0) is 0 Å². The molecule has 0 aromatic rings. The van der Waals surface area contributed by atoms with Gasteiger partial charge in [-0.05, 0) is 41.0 Å². The molecule has 0 aromatic carbocycles. The van der Waals surface area contributed by atoms with E-state index in [1.807, 2.05) is 33.1 Å². The topological polar surface area (TPSA) is 46.9 Å². The molecule has 2 atom stereocenters. The molecule has 0 aliphatic rings. The van der Waals surface area contributed by atoms with Gasteiger partial charge in [-0.3, -0.25) is 0 Å². The summed E-state index contributed by atoms with van der Waals surface area (Å²) >= 11 is 0. The third-order valence-electron chi connectivity index (χ3n) is 2.40. The fraction of sp³-hybridized carbons (Fsp3) is 1.00. The van der Waals surface area contributed by atoms with Crippen molar-refractivity contribution in [1.82, 2.24) is 9.80 Å². The second-order valence-electron chi connectivity index (χ2n) is 4.20. The van der Waals surface area contributed by atoms with E-state index >= 15 is 0 Å². The van der Waals surface area contributed by atoms with Crippen molar-refractivity contribution in [1.29, 1.82) is 0 Å². The zero-order valence-electron chi connectivity index (χ0n) is 9.77. The molecular weight excluding hydrogens is 180 g/mol. The highest BCUT2D eigenvalue weighted by atomic mass is 16.3. The molecule has 0 radical (unpaired) electrons. The number of hydrogen-bond donors (Lipinski definition) is 2. The summed E-state index contributed by atoms with van der Waals surface area (Å²) in [6.07, 6.45) is 1.01. The van der Waals surface area contributed by atoms with Crippen molar-refractivity contribution in [2.24, 2.45) is 0 Å². The molecule has 4 heteroatoms. The molecule has 0 amide bonds. The fourth-order valence-electron chi connectivity index (χ4n) is 1.51. The van der Waals surface area contributed by atoms with E-state index in [2.05, 4.69) is 4.90 Å². The van der Waals surface area contributed by atoms with Gasteiger partial charge in [-0.15, -0.1) is 0 Å². The third kappa shape index (κ3) is 5.54. The average molecular weight is 204 g/mol. The minimum atomic E-state index is -0.362. The van der Waals surface area contributed by atoms with Crippen LogP contribution in [0.1, 0.15) is 12.8 Å². The van der Waals surface area contributed by atoms with Gasteiger partial charge in [0.1, 0.15) is 0 Å². The highest BCUT2D eigenvalue weighted by molar-refractivity contribution is 4.75. The van der Waals surface area contributed by atoms with Gasteiger partial charge in [0.05, 0.1) is 6.10 Å². The van der Waals surface area contributed by atoms with Crippen molar-refractivity contribution in [3.8, 4) is 0 Å². The van der Waals surface area contributed by atoms with Gasteiger partial charge < -0.3 is 20.0 Å². The van der Waals surface area contributed by atoms with Gasteiger partial charge in [0.25, 0.3) is 0 Å². The highest BCUT2D eigenvalue weighted by Gasteiger charge is 2.20.